The van der Waals surface area contributed by atoms with Crippen LogP contribution in [0.2, 0.25) is 0 Å². The molecule has 0 radical (unpaired) electrons. The molecular weight excluding hydrogens is 602 g/mol. The van der Waals surface area contributed by atoms with E-state index in [0.717, 1.165) is 49.0 Å². The molecule has 0 saturated carbocycles. The van der Waals surface area contributed by atoms with Gasteiger partial charge in [0.15, 0.2) is 0 Å². The van der Waals surface area contributed by atoms with Crippen LogP contribution in [0.5, 0.6) is 0 Å². The average Bonchev–Trinajstić information content (AvgIpc) is 3.67. The fraction of sp³-hybridized carbons (Fsp3) is 0.0857. The van der Waals surface area contributed by atoms with Gasteiger partial charge in [-0.15, -0.1) is 0 Å². The number of benzene rings is 4. The van der Waals surface area contributed by atoms with Crippen molar-refractivity contribution in [2.75, 3.05) is 0 Å². The molecule has 0 saturated heterocycles. The van der Waals surface area contributed by atoms with E-state index in [1.165, 1.54) is 11.9 Å². The molecular formula is C35H26BrN5O2. The highest BCUT2D eigenvalue weighted by Crippen LogP contribution is 2.40. The zero-order valence-electron chi connectivity index (χ0n) is 23.2. The Morgan fingerprint density at radius 3 is 2.19 bits per heavy atom. The maximum absolute atomic E-state index is 13.8. The number of hydrazone groups is 1. The number of hydrogen-bond donors (Lipinski definition) is 1. The van der Waals surface area contributed by atoms with Crippen molar-refractivity contribution >= 4 is 38.5 Å². The molecule has 3 heterocycles. The van der Waals surface area contributed by atoms with Crippen LogP contribution in [0.3, 0.4) is 0 Å². The fourth-order valence-electron chi connectivity index (χ4n) is 5.80. The van der Waals surface area contributed by atoms with Gasteiger partial charge in [0.2, 0.25) is 5.91 Å². The zero-order chi connectivity index (χ0) is 29.5. The van der Waals surface area contributed by atoms with Crippen molar-refractivity contribution in [3.63, 3.8) is 0 Å². The number of pyridine rings is 1. The van der Waals surface area contributed by atoms with Gasteiger partial charge in [0.1, 0.15) is 0 Å². The van der Waals surface area contributed by atoms with Gasteiger partial charge in [-0.3, -0.25) is 9.59 Å². The molecule has 43 heavy (non-hydrogen) atoms. The summed E-state index contributed by atoms with van der Waals surface area (Å²) in [6.45, 7) is 1.50. The number of amides is 1. The molecule has 7 rings (SSSR count). The minimum Gasteiger partial charge on any atom is -0.321 e. The van der Waals surface area contributed by atoms with Gasteiger partial charge in [0, 0.05) is 51.6 Å². The van der Waals surface area contributed by atoms with E-state index in [-0.39, 0.29) is 11.5 Å². The number of aromatic nitrogens is 3. The molecule has 210 valence electrons. The summed E-state index contributed by atoms with van der Waals surface area (Å²) in [4.78, 5) is 30.0. The molecule has 1 N–H and O–H groups in total. The van der Waals surface area contributed by atoms with E-state index in [2.05, 4.69) is 20.9 Å². The lowest BCUT2D eigenvalue weighted by Crippen LogP contribution is -2.24. The van der Waals surface area contributed by atoms with Gasteiger partial charge in [0.25, 0.3) is 5.56 Å². The smallest absolute Gasteiger partial charge is 0.258 e. The molecule has 1 atom stereocenters. The Balaban J connectivity index is 1.42. The van der Waals surface area contributed by atoms with Gasteiger partial charge in [0.05, 0.1) is 28.7 Å². The first-order valence-corrected chi connectivity index (χ1v) is 14.8. The van der Waals surface area contributed by atoms with E-state index in [9.17, 15) is 9.59 Å². The van der Waals surface area contributed by atoms with Gasteiger partial charge in [-0.2, -0.15) is 10.2 Å². The van der Waals surface area contributed by atoms with Crippen LogP contribution in [0.1, 0.15) is 30.5 Å². The molecule has 7 nitrogen and oxygen atoms in total. The summed E-state index contributed by atoms with van der Waals surface area (Å²) >= 11 is 3.60. The van der Waals surface area contributed by atoms with Crippen molar-refractivity contribution < 1.29 is 4.79 Å². The summed E-state index contributed by atoms with van der Waals surface area (Å²) in [5, 5.41) is 12.2. The lowest BCUT2D eigenvalue weighted by atomic mass is 9.90. The maximum atomic E-state index is 13.8. The zero-order valence-corrected chi connectivity index (χ0v) is 24.8. The van der Waals surface area contributed by atoms with Gasteiger partial charge in [-0.1, -0.05) is 94.8 Å². The van der Waals surface area contributed by atoms with Gasteiger partial charge in [-0.05, 0) is 35.9 Å². The largest absolute Gasteiger partial charge is 0.321 e. The number of nitrogens with one attached hydrogen (secondary N) is 1. The van der Waals surface area contributed by atoms with Gasteiger partial charge in [-0.25, -0.2) is 9.69 Å². The SMILES string of the molecule is CC(=O)N1N=C(c2c(-c3ccccc3)c3cc(Br)ccc3[nH]c2=O)C[C@H]1c1cn(-c2ccccc2)nc1-c1ccccc1. The first-order valence-electron chi connectivity index (χ1n) is 14.0. The molecule has 0 aliphatic carbocycles. The van der Waals surface area contributed by atoms with Crippen LogP contribution in [-0.2, 0) is 4.79 Å². The van der Waals surface area contributed by atoms with Crippen molar-refractivity contribution in [3.8, 4) is 28.1 Å². The van der Waals surface area contributed by atoms with Crippen molar-refractivity contribution in [2.24, 2.45) is 5.10 Å². The number of aromatic amines is 1. The molecule has 0 fully saturated rings. The summed E-state index contributed by atoms with van der Waals surface area (Å²) in [6, 6.07) is 35.0. The van der Waals surface area contributed by atoms with E-state index in [1.807, 2.05) is 120 Å². The molecule has 1 aliphatic heterocycles. The van der Waals surface area contributed by atoms with E-state index in [0.29, 0.717) is 17.7 Å². The van der Waals surface area contributed by atoms with E-state index in [4.69, 9.17) is 10.2 Å². The highest BCUT2D eigenvalue weighted by Gasteiger charge is 2.36. The maximum Gasteiger partial charge on any atom is 0.258 e. The lowest BCUT2D eigenvalue weighted by molar-refractivity contribution is -0.130. The highest BCUT2D eigenvalue weighted by molar-refractivity contribution is 9.10. The van der Waals surface area contributed by atoms with Crippen LogP contribution in [0.15, 0.2) is 130 Å². The molecule has 0 unspecified atom stereocenters. The summed E-state index contributed by atoms with van der Waals surface area (Å²) in [6.07, 6.45) is 2.32. The van der Waals surface area contributed by atoms with Crippen molar-refractivity contribution in [1.29, 1.82) is 0 Å². The fourth-order valence-corrected chi connectivity index (χ4v) is 6.16. The van der Waals surface area contributed by atoms with Crippen LogP contribution in [0.4, 0.5) is 0 Å². The Labute approximate surface area is 256 Å². The topological polar surface area (TPSA) is 83.4 Å². The second-order valence-electron chi connectivity index (χ2n) is 10.5. The van der Waals surface area contributed by atoms with Crippen LogP contribution in [0, 0.1) is 0 Å². The number of rotatable bonds is 5. The predicted octanol–water partition coefficient (Wildman–Crippen LogP) is 7.51. The minimum atomic E-state index is -0.457. The van der Waals surface area contributed by atoms with Gasteiger partial charge >= 0.3 is 0 Å². The molecule has 2 aromatic heterocycles. The number of carbonyl (C=O) groups is 1. The monoisotopic (exact) mass is 627 g/mol. The second-order valence-corrected chi connectivity index (χ2v) is 11.4. The Kier molecular flexibility index (Phi) is 6.83. The predicted molar refractivity (Wildman–Crippen MR) is 173 cm³/mol. The van der Waals surface area contributed by atoms with E-state index >= 15 is 0 Å². The first kappa shape index (κ1) is 26.8. The highest BCUT2D eigenvalue weighted by atomic mass is 79.9. The summed E-state index contributed by atoms with van der Waals surface area (Å²) in [5.74, 6) is -0.215. The number of hydrogen-bond acceptors (Lipinski definition) is 4. The van der Waals surface area contributed by atoms with Gasteiger partial charge < -0.3 is 4.98 Å². The first-order chi connectivity index (χ1) is 21.0. The Hall–Kier alpha value is -5.08. The van der Waals surface area contributed by atoms with E-state index < -0.39 is 6.04 Å². The summed E-state index contributed by atoms with van der Waals surface area (Å²) in [7, 11) is 0. The third kappa shape index (κ3) is 4.89. The quantitative estimate of drug-likeness (QED) is 0.215. The molecule has 0 spiro atoms. The van der Waals surface area contributed by atoms with Crippen LogP contribution >= 0.6 is 15.9 Å². The summed E-state index contributed by atoms with van der Waals surface area (Å²) < 4.78 is 2.73. The van der Waals surface area contributed by atoms with Crippen LogP contribution in [-0.4, -0.2) is 31.4 Å². The van der Waals surface area contributed by atoms with Crippen LogP contribution in [0.25, 0.3) is 39.0 Å². The molecule has 1 aliphatic rings. The average molecular weight is 629 g/mol. The Bertz CT molecular complexity index is 2070. The number of para-hydroxylation sites is 1. The third-order valence-electron chi connectivity index (χ3n) is 7.73. The van der Waals surface area contributed by atoms with Crippen molar-refractivity contribution in [1.82, 2.24) is 19.8 Å². The lowest BCUT2D eigenvalue weighted by Gasteiger charge is -2.20. The Morgan fingerprint density at radius 2 is 1.51 bits per heavy atom. The number of H-pyrrole nitrogens is 1. The normalized spacial score (nSPS) is 14.7. The minimum absolute atomic E-state index is 0.215. The molecule has 1 amide bonds. The van der Waals surface area contributed by atoms with E-state index in [1.54, 1.807) is 0 Å². The summed E-state index contributed by atoms with van der Waals surface area (Å²) in [5.41, 5.74) is 6.62. The molecule has 8 heteroatoms. The molecule has 6 aromatic rings. The number of nitrogens with zero attached hydrogens (tertiary/aromatic N) is 4. The Morgan fingerprint density at radius 1 is 0.860 bits per heavy atom. The number of carbonyl (C=O) groups excluding carboxylic acids is 1. The third-order valence-corrected chi connectivity index (χ3v) is 8.22. The molecule has 0 bridgehead atoms. The standard InChI is InChI=1S/C35H26BrN5O2/c1-22(42)41-31(28-21-40(26-15-9-4-10-16-26)39-34(28)24-13-7-3-8-14-24)20-30(38-41)33-32(23-11-5-2-6-12-23)27-19-25(36)17-18-29(27)37-35(33)43/h2-19,21,31H,20H2,1H3,(H,37,43)/t31-/m0/s1. The second kappa shape index (κ2) is 11.0. The number of halogens is 1. The van der Waals surface area contributed by atoms with Crippen LogP contribution < -0.4 is 5.56 Å². The van der Waals surface area contributed by atoms with Crippen molar-refractivity contribution in [2.45, 2.75) is 19.4 Å². The number of fused-ring (bicyclic) bond motifs is 1. The molecule has 4 aromatic carbocycles. The van der Waals surface area contributed by atoms with Crippen molar-refractivity contribution in [3.05, 3.63) is 141 Å².